The van der Waals surface area contributed by atoms with Crippen molar-refractivity contribution in [1.82, 2.24) is 19.9 Å². The lowest BCUT2D eigenvalue weighted by Gasteiger charge is -2.32. The quantitative estimate of drug-likeness (QED) is 0.580. The minimum atomic E-state index is -0.512. The summed E-state index contributed by atoms with van der Waals surface area (Å²) in [5.74, 6) is 0.371. The summed E-state index contributed by atoms with van der Waals surface area (Å²) in [4.78, 5) is 26.6. The van der Waals surface area contributed by atoms with Gasteiger partial charge in [0.1, 0.15) is 11.9 Å². The van der Waals surface area contributed by atoms with E-state index in [2.05, 4.69) is 43.9 Å². The van der Waals surface area contributed by atoms with E-state index in [1.54, 1.807) is 30.5 Å². The van der Waals surface area contributed by atoms with Gasteiger partial charge in [0, 0.05) is 37.4 Å². The minimum Gasteiger partial charge on any atom is -0.367 e. The molecule has 1 aliphatic rings. The molecule has 3 N–H and O–H groups in total. The van der Waals surface area contributed by atoms with Crippen molar-refractivity contribution in [2.45, 2.75) is 25.4 Å². The molecule has 166 valence electrons. The number of carbonyl (C=O) groups excluding carboxylic acids is 1. The van der Waals surface area contributed by atoms with Crippen LogP contribution in [-0.2, 0) is 6.54 Å². The normalized spacial score (nSPS) is 14.4. The number of hydrogen-bond donors (Lipinski definition) is 2. The maximum absolute atomic E-state index is 11.5. The molecule has 33 heavy (non-hydrogen) atoms. The molecular weight excluding hydrogens is 414 g/mol. The fourth-order valence-electron chi connectivity index (χ4n) is 3.98. The van der Waals surface area contributed by atoms with E-state index in [1.807, 2.05) is 18.2 Å². The number of rotatable bonds is 7. The van der Waals surface area contributed by atoms with Gasteiger partial charge in [-0.2, -0.15) is 5.26 Å². The maximum atomic E-state index is 11.5. The SMILES string of the molecule is C=Cc1nc(-c2ccc(CN3CCC(Nc4ccnc(C#N)n4)CC3)cc2)ccc1C(N)=O. The molecule has 1 amide bonds. The van der Waals surface area contributed by atoms with Gasteiger partial charge in [0.05, 0.1) is 17.0 Å². The second-order valence-corrected chi connectivity index (χ2v) is 7.97. The Morgan fingerprint density at radius 2 is 1.94 bits per heavy atom. The van der Waals surface area contributed by atoms with Gasteiger partial charge in [-0.05, 0) is 42.7 Å². The number of primary amides is 1. The van der Waals surface area contributed by atoms with Crippen LogP contribution in [0.5, 0.6) is 0 Å². The van der Waals surface area contributed by atoms with E-state index >= 15 is 0 Å². The number of nitrogens with one attached hydrogen (secondary N) is 1. The number of anilines is 1. The molecule has 0 bridgehead atoms. The van der Waals surface area contributed by atoms with Gasteiger partial charge < -0.3 is 11.1 Å². The van der Waals surface area contributed by atoms with Crippen LogP contribution in [-0.4, -0.2) is 44.9 Å². The Hall–Kier alpha value is -4.09. The second kappa shape index (κ2) is 10.0. The molecule has 1 aliphatic heterocycles. The fraction of sp³-hybridized carbons (Fsp3) is 0.240. The van der Waals surface area contributed by atoms with Crippen LogP contribution in [0.3, 0.4) is 0 Å². The molecule has 0 atom stereocenters. The number of nitrogens with two attached hydrogens (primary N) is 1. The lowest BCUT2D eigenvalue weighted by molar-refractivity contribution is 0.1000. The van der Waals surface area contributed by atoms with Crippen molar-refractivity contribution in [3.8, 4) is 17.3 Å². The number of piperidine rings is 1. The molecule has 8 nitrogen and oxygen atoms in total. The van der Waals surface area contributed by atoms with E-state index in [1.165, 1.54) is 5.56 Å². The summed E-state index contributed by atoms with van der Waals surface area (Å²) in [6, 6.07) is 15.9. The Kier molecular flexibility index (Phi) is 6.72. The molecule has 0 unspecified atom stereocenters. The standard InChI is InChI=1S/C25H25N7O/c1-2-21-20(25(27)33)7-8-22(30-21)18-5-3-17(4-6-18)16-32-13-10-19(11-14-32)29-23-9-12-28-24(15-26)31-23/h2-9,12,19H,1,10-11,13-14,16H2,(H2,27,33)(H,28,29,31). The lowest BCUT2D eigenvalue weighted by atomic mass is 10.0. The number of carbonyl (C=O) groups is 1. The number of amides is 1. The average molecular weight is 440 g/mol. The van der Waals surface area contributed by atoms with E-state index in [0.717, 1.165) is 43.7 Å². The van der Waals surface area contributed by atoms with Crippen LogP contribution >= 0.6 is 0 Å². The molecule has 3 aromatic rings. The van der Waals surface area contributed by atoms with Gasteiger partial charge in [0.2, 0.25) is 5.82 Å². The van der Waals surface area contributed by atoms with Gasteiger partial charge in [-0.25, -0.2) is 15.0 Å². The summed E-state index contributed by atoms with van der Waals surface area (Å²) in [5, 5.41) is 12.4. The van der Waals surface area contributed by atoms with E-state index in [0.29, 0.717) is 23.1 Å². The van der Waals surface area contributed by atoms with Crippen LogP contribution in [0.1, 0.15) is 40.3 Å². The summed E-state index contributed by atoms with van der Waals surface area (Å²) in [7, 11) is 0. The molecule has 0 spiro atoms. The first-order chi connectivity index (χ1) is 16.1. The largest absolute Gasteiger partial charge is 0.367 e. The van der Waals surface area contributed by atoms with Crippen molar-refractivity contribution in [1.29, 1.82) is 5.26 Å². The molecule has 0 saturated carbocycles. The first-order valence-corrected chi connectivity index (χ1v) is 10.8. The number of nitriles is 1. The fourth-order valence-corrected chi connectivity index (χ4v) is 3.98. The Bertz CT molecular complexity index is 1190. The Balaban J connectivity index is 1.33. The van der Waals surface area contributed by atoms with Crippen LogP contribution in [0, 0.1) is 11.3 Å². The zero-order valence-electron chi connectivity index (χ0n) is 18.2. The van der Waals surface area contributed by atoms with Gasteiger partial charge in [0.15, 0.2) is 0 Å². The highest BCUT2D eigenvalue weighted by Gasteiger charge is 2.19. The van der Waals surface area contributed by atoms with Gasteiger partial charge >= 0.3 is 0 Å². The summed E-state index contributed by atoms with van der Waals surface area (Å²) in [5.41, 5.74) is 9.24. The van der Waals surface area contributed by atoms with E-state index < -0.39 is 5.91 Å². The highest BCUT2D eigenvalue weighted by molar-refractivity contribution is 5.96. The third-order valence-electron chi connectivity index (χ3n) is 5.73. The summed E-state index contributed by atoms with van der Waals surface area (Å²) >= 11 is 0. The van der Waals surface area contributed by atoms with Crippen molar-refractivity contribution in [2.75, 3.05) is 18.4 Å². The highest BCUT2D eigenvalue weighted by Crippen LogP contribution is 2.22. The van der Waals surface area contributed by atoms with Crippen LogP contribution in [0.2, 0.25) is 0 Å². The zero-order chi connectivity index (χ0) is 23.2. The first kappa shape index (κ1) is 22.1. The zero-order valence-corrected chi connectivity index (χ0v) is 18.2. The van der Waals surface area contributed by atoms with Crippen molar-refractivity contribution < 1.29 is 4.79 Å². The Morgan fingerprint density at radius 1 is 1.18 bits per heavy atom. The minimum absolute atomic E-state index is 0.181. The third kappa shape index (κ3) is 5.40. The molecule has 1 saturated heterocycles. The first-order valence-electron chi connectivity index (χ1n) is 10.8. The number of likely N-dealkylation sites (tertiary alicyclic amines) is 1. The molecule has 8 heteroatoms. The number of aromatic nitrogens is 3. The molecule has 3 heterocycles. The molecular formula is C25H25N7O. The van der Waals surface area contributed by atoms with Crippen molar-refractivity contribution in [2.24, 2.45) is 5.73 Å². The monoisotopic (exact) mass is 439 g/mol. The molecule has 0 aliphatic carbocycles. The predicted molar refractivity (Wildman–Crippen MR) is 127 cm³/mol. The van der Waals surface area contributed by atoms with Crippen molar-refractivity contribution in [3.05, 3.63) is 77.9 Å². The van der Waals surface area contributed by atoms with Gasteiger partial charge in [-0.1, -0.05) is 30.8 Å². The summed E-state index contributed by atoms with van der Waals surface area (Å²) in [6.45, 7) is 6.57. The second-order valence-electron chi connectivity index (χ2n) is 7.97. The van der Waals surface area contributed by atoms with E-state index in [9.17, 15) is 4.79 Å². The average Bonchev–Trinajstić information content (AvgIpc) is 2.85. The molecule has 2 aromatic heterocycles. The van der Waals surface area contributed by atoms with Gasteiger partial charge in [0.25, 0.3) is 5.91 Å². The van der Waals surface area contributed by atoms with Crippen LogP contribution in [0.4, 0.5) is 5.82 Å². The van der Waals surface area contributed by atoms with Gasteiger partial charge in [-0.3, -0.25) is 9.69 Å². The number of benzene rings is 1. The van der Waals surface area contributed by atoms with Crippen LogP contribution in [0.25, 0.3) is 17.3 Å². The molecule has 4 rings (SSSR count). The highest BCUT2D eigenvalue weighted by atomic mass is 16.1. The molecule has 1 fully saturated rings. The van der Waals surface area contributed by atoms with E-state index in [-0.39, 0.29) is 5.82 Å². The molecule has 0 radical (unpaired) electrons. The third-order valence-corrected chi connectivity index (χ3v) is 5.73. The number of hydrogen-bond acceptors (Lipinski definition) is 7. The van der Waals surface area contributed by atoms with Crippen molar-refractivity contribution in [3.63, 3.8) is 0 Å². The predicted octanol–water partition coefficient (Wildman–Crippen LogP) is 3.23. The summed E-state index contributed by atoms with van der Waals surface area (Å²) in [6.07, 6.45) is 5.16. The summed E-state index contributed by atoms with van der Waals surface area (Å²) < 4.78 is 0. The Morgan fingerprint density at radius 3 is 2.61 bits per heavy atom. The van der Waals surface area contributed by atoms with Gasteiger partial charge in [-0.15, -0.1) is 0 Å². The van der Waals surface area contributed by atoms with Crippen molar-refractivity contribution >= 4 is 17.8 Å². The topological polar surface area (TPSA) is 121 Å². The van der Waals surface area contributed by atoms with Crippen LogP contribution < -0.4 is 11.1 Å². The molecule has 1 aromatic carbocycles. The maximum Gasteiger partial charge on any atom is 0.250 e. The lowest BCUT2D eigenvalue weighted by Crippen LogP contribution is -2.38. The smallest absolute Gasteiger partial charge is 0.250 e. The van der Waals surface area contributed by atoms with Crippen LogP contribution in [0.15, 0.2) is 55.2 Å². The number of pyridine rings is 1. The van der Waals surface area contributed by atoms with E-state index in [4.69, 9.17) is 11.0 Å². The Labute approximate surface area is 192 Å². The number of nitrogens with zero attached hydrogens (tertiary/aromatic N) is 5.